The third-order valence-electron chi connectivity index (χ3n) is 1.80. The molecule has 0 aliphatic rings. The van der Waals surface area contributed by atoms with Gasteiger partial charge >= 0.3 is 11.9 Å². The number of nitrogens with zero attached hydrogens (tertiary/aromatic N) is 1. The van der Waals surface area contributed by atoms with Gasteiger partial charge in [0.25, 0.3) is 5.89 Å². The molecule has 0 fully saturated rings. The number of amides is 1. The van der Waals surface area contributed by atoms with Crippen LogP contribution >= 0.6 is 0 Å². The highest BCUT2D eigenvalue weighted by Gasteiger charge is 2.15. The summed E-state index contributed by atoms with van der Waals surface area (Å²) in [6.45, 7) is 1.69. The maximum Gasteiger partial charge on any atom is 0.332 e. The van der Waals surface area contributed by atoms with Gasteiger partial charge in [-0.3, -0.25) is 4.79 Å². The molecule has 0 saturated heterocycles. The summed E-state index contributed by atoms with van der Waals surface area (Å²) < 4.78 is 4.95. The zero-order chi connectivity index (χ0) is 12.1. The minimum absolute atomic E-state index is 0.0354. The van der Waals surface area contributed by atoms with E-state index >= 15 is 0 Å². The van der Waals surface area contributed by atoms with E-state index in [-0.39, 0.29) is 18.9 Å². The van der Waals surface area contributed by atoms with Gasteiger partial charge in [-0.25, -0.2) is 9.78 Å². The summed E-state index contributed by atoms with van der Waals surface area (Å²) in [6, 6.07) is 0. The maximum absolute atomic E-state index is 11.3. The first-order chi connectivity index (χ1) is 7.50. The molecule has 0 radical (unpaired) electrons. The van der Waals surface area contributed by atoms with Gasteiger partial charge in [0.05, 0.1) is 6.20 Å². The fraction of sp³-hybridized carbons (Fsp3) is 0.444. The second kappa shape index (κ2) is 5.26. The lowest BCUT2D eigenvalue weighted by molar-refractivity contribution is -0.146. The molecule has 1 heterocycles. The van der Waals surface area contributed by atoms with E-state index in [1.54, 1.807) is 6.92 Å². The van der Waals surface area contributed by atoms with Crippen molar-refractivity contribution < 1.29 is 24.2 Å². The molecule has 0 spiro atoms. The Balaban J connectivity index is 2.34. The number of carbonyl (C=O) groups excluding carboxylic acids is 1. The molecule has 1 rings (SSSR count). The molecule has 3 N–H and O–H groups in total. The quantitative estimate of drug-likeness (QED) is 0.629. The number of carboxylic acids is 1. The lowest BCUT2D eigenvalue weighted by Gasteiger charge is -2.05. The van der Waals surface area contributed by atoms with Crippen molar-refractivity contribution in [1.82, 2.24) is 10.3 Å². The number of aliphatic hydroxyl groups excluding tert-OH is 1. The molecular weight excluding hydrogens is 216 g/mol. The second-order valence-electron chi connectivity index (χ2n) is 3.17. The van der Waals surface area contributed by atoms with Gasteiger partial charge in [0, 0.05) is 13.0 Å². The van der Waals surface area contributed by atoms with Crippen LogP contribution in [0.4, 0.5) is 0 Å². The van der Waals surface area contributed by atoms with E-state index in [4.69, 9.17) is 14.6 Å². The largest absolute Gasteiger partial charge is 0.479 e. The molecule has 1 atom stereocenters. The van der Waals surface area contributed by atoms with Gasteiger partial charge in [0.1, 0.15) is 5.76 Å². The Morgan fingerprint density at radius 3 is 2.81 bits per heavy atom. The van der Waals surface area contributed by atoms with Crippen LogP contribution in [0.15, 0.2) is 10.6 Å². The van der Waals surface area contributed by atoms with Gasteiger partial charge in [-0.15, -0.1) is 0 Å². The van der Waals surface area contributed by atoms with E-state index in [2.05, 4.69) is 10.3 Å². The Morgan fingerprint density at radius 1 is 1.62 bits per heavy atom. The van der Waals surface area contributed by atoms with Crippen molar-refractivity contribution in [3.05, 3.63) is 17.8 Å². The Hall–Kier alpha value is -1.89. The van der Waals surface area contributed by atoms with E-state index < -0.39 is 18.0 Å². The number of oxazole rings is 1. The van der Waals surface area contributed by atoms with Crippen molar-refractivity contribution in [2.45, 2.75) is 19.4 Å². The number of carbonyl (C=O) groups is 2. The van der Waals surface area contributed by atoms with Crippen molar-refractivity contribution in [1.29, 1.82) is 0 Å². The first-order valence-electron chi connectivity index (χ1n) is 4.62. The van der Waals surface area contributed by atoms with Gasteiger partial charge in [-0.1, -0.05) is 0 Å². The van der Waals surface area contributed by atoms with Gasteiger partial charge in [0.2, 0.25) is 0 Å². The van der Waals surface area contributed by atoms with Crippen LogP contribution in [0.25, 0.3) is 0 Å². The van der Waals surface area contributed by atoms with Crippen LogP contribution in [-0.2, 0) is 4.79 Å². The first kappa shape index (κ1) is 12.2. The number of hydrogen-bond acceptors (Lipinski definition) is 5. The minimum Gasteiger partial charge on any atom is -0.479 e. The number of aromatic nitrogens is 1. The van der Waals surface area contributed by atoms with Crippen molar-refractivity contribution in [2.24, 2.45) is 0 Å². The number of aliphatic carboxylic acids is 1. The SMILES string of the molecule is Cc1cnc(C(=O)NCC[C@@H](O)C(=O)O)o1. The van der Waals surface area contributed by atoms with Crippen LogP contribution < -0.4 is 5.32 Å². The summed E-state index contributed by atoms with van der Waals surface area (Å²) in [5.74, 6) is -1.43. The molecule has 0 aliphatic carbocycles. The van der Waals surface area contributed by atoms with Crippen LogP contribution in [0, 0.1) is 6.92 Å². The molecule has 88 valence electrons. The zero-order valence-corrected chi connectivity index (χ0v) is 8.64. The summed E-state index contributed by atoms with van der Waals surface area (Å²) in [6.07, 6.45) is -0.145. The van der Waals surface area contributed by atoms with Gasteiger partial charge in [-0.2, -0.15) is 0 Å². The Labute approximate surface area is 91.1 Å². The standard InChI is InChI=1S/C9H12N2O5/c1-5-4-11-8(16-5)7(13)10-3-2-6(12)9(14)15/h4,6,12H,2-3H2,1H3,(H,10,13)(H,14,15)/t6-/m1/s1. The van der Waals surface area contributed by atoms with E-state index in [0.29, 0.717) is 5.76 Å². The van der Waals surface area contributed by atoms with Crippen molar-refractivity contribution >= 4 is 11.9 Å². The summed E-state index contributed by atoms with van der Waals surface area (Å²) in [5.41, 5.74) is 0. The second-order valence-corrected chi connectivity index (χ2v) is 3.17. The van der Waals surface area contributed by atoms with E-state index in [1.807, 2.05) is 0 Å². The predicted molar refractivity (Wildman–Crippen MR) is 51.8 cm³/mol. The molecule has 1 amide bonds. The highest BCUT2D eigenvalue weighted by molar-refractivity contribution is 5.89. The number of aliphatic hydroxyl groups is 1. The van der Waals surface area contributed by atoms with Crippen molar-refractivity contribution in [3.63, 3.8) is 0 Å². The highest BCUT2D eigenvalue weighted by atomic mass is 16.4. The topological polar surface area (TPSA) is 113 Å². The van der Waals surface area contributed by atoms with Crippen molar-refractivity contribution in [3.8, 4) is 0 Å². The lowest BCUT2D eigenvalue weighted by atomic mass is 10.2. The Kier molecular flexibility index (Phi) is 4.01. The number of carboxylic acid groups (broad SMARTS) is 1. The molecule has 16 heavy (non-hydrogen) atoms. The monoisotopic (exact) mass is 228 g/mol. The van der Waals surface area contributed by atoms with E-state index in [0.717, 1.165) is 0 Å². The molecular formula is C9H12N2O5. The molecule has 7 nitrogen and oxygen atoms in total. The lowest BCUT2D eigenvalue weighted by Crippen LogP contribution is -2.30. The smallest absolute Gasteiger partial charge is 0.332 e. The number of aryl methyl sites for hydroxylation is 1. The average molecular weight is 228 g/mol. The van der Waals surface area contributed by atoms with Crippen LogP contribution in [0.2, 0.25) is 0 Å². The maximum atomic E-state index is 11.3. The first-order valence-corrected chi connectivity index (χ1v) is 4.62. The summed E-state index contributed by atoms with van der Waals surface area (Å²) in [5, 5.41) is 19.7. The third-order valence-corrected chi connectivity index (χ3v) is 1.80. The summed E-state index contributed by atoms with van der Waals surface area (Å²) >= 11 is 0. The summed E-state index contributed by atoms with van der Waals surface area (Å²) in [7, 11) is 0. The van der Waals surface area contributed by atoms with E-state index in [9.17, 15) is 9.59 Å². The van der Waals surface area contributed by atoms with Gasteiger partial charge in [0.15, 0.2) is 6.10 Å². The third kappa shape index (κ3) is 3.35. The summed E-state index contributed by atoms with van der Waals surface area (Å²) in [4.78, 5) is 25.3. The van der Waals surface area contributed by atoms with Gasteiger partial charge < -0.3 is 19.9 Å². The number of rotatable bonds is 5. The Bertz CT molecular complexity index is 387. The van der Waals surface area contributed by atoms with Crippen LogP contribution in [0.5, 0.6) is 0 Å². The molecule has 0 unspecified atom stereocenters. The van der Waals surface area contributed by atoms with E-state index in [1.165, 1.54) is 6.20 Å². The van der Waals surface area contributed by atoms with Crippen LogP contribution in [0.3, 0.4) is 0 Å². The predicted octanol–water partition coefficient (Wildman–Crippen LogP) is -0.452. The molecule has 0 aromatic carbocycles. The molecule has 1 aromatic heterocycles. The Morgan fingerprint density at radius 2 is 2.31 bits per heavy atom. The number of nitrogens with one attached hydrogen (secondary N) is 1. The fourth-order valence-electron chi connectivity index (χ4n) is 0.981. The fourth-order valence-corrected chi connectivity index (χ4v) is 0.981. The zero-order valence-electron chi connectivity index (χ0n) is 8.64. The molecule has 0 aliphatic heterocycles. The normalized spacial score (nSPS) is 12.1. The van der Waals surface area contributed by atoms with Crippen molar-refractivity contribution in [2.75, 3.05) is 6.54 Å². The van der Waals surface area contributed by atoms with Crippen LogP contribution in [0.1, 0.15) is 22.9 Å². The molecule has 1 aromatic rings. The molecule has 7 heteroatoms. The molecule has 0 saturated carbocycles. The molecule has 0 bridgehead atoms. The minimum atomic E-state index is -1.48. The average Bonchev–Trinajstić information content (AvgIpc) is 2.64. The number of hydrogen-bond donors (Lipinski definition) is 3. The highest BCUT2D eigenvalue weighted by Crippen LogP contribution is 2.01. The van der Waals surface area contributed by atoms with Crippen LogP contribution in [-0.4, -0.2) is 39.7 Å². The van der Waals surface area contributed by atoms with Gasteiger partial charge in [-0.05, 0) is 6.92 Å².